The van der Waals surface area contributed by atoms with Crippen LogP contribution in [0, 0.1) is 11.3 Å². The van der Waals surface area contributed by atoms with Crippen molar-refractivity contribution >= 4 is 27.5 Å². The minimum atomic E-state index is 0.0940. The minimum absolute atomic E-state index is 0.0940. The number of amides is 1. The van der Waals surface area contributed by atoms with E-state index < -0.39 is 0 Å². The molecular formula is C16H23BrN2O. The van der Waals surface area contributed by atoms with Crippen LogP contribution in [0.3, 0.4) is 0 Å². The second-order valence-corrected chi connectivity index (χ2v) is 7.52. The summed E-state index contributed by atoms with van der Waals surface area (Å²) in [7, 11) is 0. The lowest BCUT2D eigenvalue weighted by atomic mass is 9.75. The van der Waals surface area contributed by atoms with Crippen molar-refractivity contribution in [1.29, 1.82) is 0 Å². The van der Waals surface area contributed by atoms with Crippen LogP contribution in [0.15, 0.2) is 22.7 Å². The fourth-order valence-corrected chi connectivity index (χ4v) is 3.05. The van der Waals surface area contributed by atoms with Crippen molar-refractivity contribution in [3.05, 3.63) is 28.2 Å². The number of benzene rings is 1. The second kappa shape index (κ2) is 5.76. The summed E-state index contributed by atoms with van der Waals surface area (Å²) < 4.78 is 0.834. The Balaban J connectivity index is 2.03. The molecule has 0 atom stereocenters. The molecule has 1 saturated heterocycles. The van der Waals surface area contributed by atoms with Crippen molar-refractivity contribution < 1.29 is 4.79 Å². The predicted octanol–water partition coefficient (Wildman–Crippen LogP) is 3.93. The van der Waals surface area contributed by atoms with Gasteiger partial charge in [-0.25, -0.2) is 0 Å². The van der Waals surface area contributed by atoms with Gasteiger partial charge in [0.2, 0.25) is 0 Å². The van der Waals surface area contributed by atoms with Crippen molar-refractivity contribution in [3.63, 3.8) is 0 Å². The highest BCUT2D eigenvalue weighted by Crippen LogP contribution is 2.34. The zero-order chi connectivity index (χ0) is 14.9. The molecule has 0 bridgehead atoms. The highest BCUT2D eigenvalue weighted by molar-refractivity contribution is 9.10. The number of nitrogen functional groups attached to an aromatic ring is 1. The molecule has 1 aliphatic heterocycles. The van der Waals surface area contributed by atoms with Gasteiger partial charge in [0.05, 0.1) is 0 Å². The highest BCUT2D eigenvalue weighted by Gasteiger charge is 2.30. The molecule has 1 aliphatic rings. The molecule has 1 heterocycles. The lowest BCUT2D eigenvalue weighted by Crippen LogP contribution is -2.41. The average molecular weight is 339 g/mol. The summed E-state index contributed by atoms with van der Waals surface area (Å²) in [6.45, 7) is 8.53. The molecule has 20 heavy (non-hydrogen) atoms. The van der Waals surface area contributed by atoms with Crippen molar-refractivity contribution in [2.45, 2.75) is 33.6 Å². The number of carbonyl (C=O) groups is 1. The third-order valence-corrected chi connectivity index (χ3v) is 4.97. The van der Waals surface area contributed by atoms with Crippen LogP contribution < -0.4 is 5.73 Å². The summed E-state index contributed by atoms with van der Waals surface area (Å²) in [5, 5.41) is 0. The third-order valence-electron chi connectivity index (χ3n) is 4.25. The van der Waals surface area contributed by atoms with Gasteiger partial charge in [0, 0.05) is 28.8 Å². The first-order chi connectivity index (χ1) is 9.29. The number of hydrogen-bond acceptors (Lipinski definition) is 2. The zero-order valence-corrected chi connectivity index (χ0v) is 14.0. The number of hydrogen-bond donors (Lipinski definition) is 1. The van der Waals surface area contributed by atoms with E-state index in [1.807, 2.05) is 17.0 Å². The largest absolute Gasteiger partial charge is 0.398 e. The molecule has 0 aromatic heterocycles. The Morgan fingerprint density at radius 3 is 2.40 bits per heavy atom. The number of rotatable bonds is 1. The fourth-order valence-electron chi connectivity index (χ4n) is 2.81. The Hall–Kier alpha value is -1.03. The molecular weight excluding hydrogens is 316 g/mol. The van der Waals surface area contributed by atoms with Crippen LogP contribution in [0.5, 0.6) is 0 Å². The van der Waals surface area contributed by atoms with E-state index in [4.69, 9.17) is 5.73 Å². The van der Waals surface area contributed by atoms with Gasteiger partial charge in [0.1, 0.15) is 0 Å². The molecule has 0 saturated carbocycles. The molecule has 1 aromatic carbocycles. The Labute approximate surface area is 129 Å². The SMILES string of the molecule is CC(C)(C)C1CCN(C(=O)c2ccc(Br)c(N)c2)CC1. The van der Waals surface area contributed by atoms with Crippen molar-refractivity contribution in [2.24, 2.45) is 11.3 Å². The Kier molecular flexibility index (Phi) is 4.43. The van der Waals surface area contributed by atoms with E-state index in [2.05, 4.69) is 36.7 Å². The molecule has 0 aliphatic carbocycles. The van der Waals surface area contributed by atoms with Crippen LogP contribution in [-0.2, 0) is 0 Å². The molecule has 0 radical (unpaired) electrons. The number of nitrogens with zero attached hydrogens (tertiary/aromatic N) is 1. The van der Waals surface area contributed by atoms with Gasteiger partial charge in [-0.1, -0.05) is 20.8 Å². The molecule has 2 N–H and O–H groups in total. The normalized spacial score (nSPS) is 17.3. The quantitative estimate of drug-likeness (QED) is 0.788. The maximum absolute atomic E-state index is 12.5. The molecule has 0 unspecified atom stereocenters. The van der Waals surface area contributed by atoms with Gasteiger partial charge in [-0.2, -0.15) is 0 Å². The first kappa shape index (κ1) is 15.4. The topological polar surface area (TPSA) is 46.3 Å². The van der Waals surface area contributed by atoms with E-state index in [-0.39, 0.29) is 5.91 Å². The van der Waals surface area contributed by atoms with Gasteiger partial charge in [-0.15, -0.1) is 0 Å². The van der Waals surface area contributed by atoms with E-state index in [0.29, 0.717) is 22.6 Å². The summed E-state index contributed by atoms with van der Waals surface area (Å²) in [4.78, 5) is 14.4. The Bertz CT molecular complexity index is 500. The van der Waals surface area contributed by atoms with Crippen molar-refractivity contribution in [1.82, 2.24) is 4.90 Å². The Morgan fingerprint density at radius 1 is 1.30 bits per heavy atom. The van der Waals surface area contributed by atoms with Crippen LogP contribution in [0.4, 0.5) is 5.69 Å². The van der Waals surface area contributed by atoms with Gasteiger partial charge in [0.15, 0.2) is 0 Å². The molecule has 0 spiro atoms. The van der Waals surface area contributed by atoms with E-state index in [9.17, 15) is 4.79 Å². The average Bonchev–Trinajstić information content (AvgIpc) is 2.40. The lowest BCUT2D eigenvalue weighted by Gasteiger charge is -2.38. The summed E-state index contributed by atoms with van der Waals surface area (Å²) in [6.07, 6.45) is 2.17. The lowest BCUT2D eigenvalue weighted by molar-refractivity contribution is 0.0609. The summed E-state index contributed by atoms with van der Waals surface area (Å²) in [6, 6.07) is 5.42. The molecule has 2 rings (SSSR count). The van der Waals surface area contributed by atoms with Crippen LogP contribution in [0.1, 0.15) is 44.0 Å². The fraction of sp³-hybridized carbons (Fsp3) is 0.562. The number of carbonyl (C=O) groups excluding carboxylic acids is 1. The maximum atomic E-state index is 12.5. The third kappa shape index (κ3) is 3.35. The zero-order valence-electron chi connectivity index (χ0n) is 12.4. The maximum Gasteiger partial charge on any atom is 0.253 e. The summed E-state index contributed by atoms with van der Waals surface area (Å²) in [5.41, 5.74) is 7.47. The van der Waals surface area contributed by atoms with Gasteiger partial charge in [-0.3, -0.25) is 4.79 Å². The van der Waals surface area contributed by atoms with Crippen molar-refractivity contribution in [2.75, 3.05) is 18.8 Å². The molecule has 1 amide bonds. The smallest absolute Gasteiger partial charge is 0.253 e. The second-order valence-electron chi connectivity index (χ2n) is 6.67. The van der Waals surface area contributed by atoms with Crippen LogP contribution >= 0.6 is 15.9 Å². The molecule has 110 valence electrons. The van der Waals surface area contributed by atoms with Crippen molar-refractivity contribution in [3.8, 4) is 0 Å². The van der Waals surface area contributed by atoms with Crippen LogP contribution in [-0.4, -0.2) is 23.9 Å². The van der Waals surface area contributed by atoms with E-state index in [1.165, 1.54) is 0 Å². The van der Waals surface area contributed by atoms with Gasteiger partial charge in [0.25, 0.3) is 5.91 Å². The van der Waals surface area contributed by atoms with E-state index in [0.717, 1.165) is 30.4 Å². The number of likely N-dealkylation sites (tertiary alicyclic amines) is 1. The molecule has 3 nitrogen and oxygen atoms in total. The molecule has 1 aromatic rings. The number of anilines is 1. The number of halogens is 1. The molecule has 4 heteroatoms. The van der Waals surface area contributed by atoms with E-state index >= 15 is 0 Å². The first-order valence-corrected chi connectivity index (χ1v) is 7.92. The van der Waals surface area contributed by atoms with E-state index in [1.54, 1.807) is 6.07 Å². The van der Waals surface area contributed by atoms with Crippen LogP contribution in [0.2, 0.25) is 0 Å². The predicted molar refractivity (Wildman–Crippen MR) is 86.6 cm³/mol. The van der Waals surface area contributed by atoms with Crippen LogP contribution in [0.25, 0.3) is 0 Å². The number of nitrogens with two attached hydrogens (primary N) is 1. The monoisotopic (exact) mass is 338 g/mol. The highest BCUT2D eigenvalue weighted by atomic mass is 79.9. The van der Waals surface area contributed by atoms with Gasteiger partial charge in [-0.05, 0) is 58.3 Å². The minimum Gasteiger partial charge on any atom is -0.398 e. The standard InChI is InChI=1S/C16H23BrN2O/c1-16(2,3)12-6-8-19(9-7-12)15(20)11-4-5-13(17)14(18)10-11/h4-5,10,12H,6-9,18H2,1-3H3. The number of piperidine rings is 1. The Morgan fingerprint density at radius 2 is 1.90 bits per heavy atom. The van der Waals surface area contributed by atoms with Gasteiger partial charge >= 0.3 is 0 Å². The molecule has 1 fully saturated rings. The summed E-state index contributed by atoms with van der Waals surface area (Å²) >= 11 is 3.35. The van der Waals surface area contributed by atoms with Gasteiger partial charge < -0.3 is 10.6 Å². The first-order valence-electron chi connectivity index (χ1n) is 7.13. The summed E-state index contributed by atoms with van der Waals surface area (Å²) in [5.74, 6) is 0.790.